The number of anilines is 1. The third kappa shape index (κ3) is 5.16. The van der Waals surface area contributed by atoms with Crippen molar-refractivity contribution in [3.05, 3.63) is 47.0 Å². The normalized spacial score (nSPS) is 13.3. The van der Waals surface area contributed by atoms with E-state index in [-0.39, 0.29) is 11.8 Å². The van der Waals surface area contributed by atoms with E-state index in [1.165, 1.54) is 26.0 Å². The zero-order valence-corrected chi connectivity index (χ0v) is 17.9. The molecular formula is C21H23ClN2O4S. The van der Waals surface area contributed by atoms with Gasteiger partial charge in [0.15, 0.2) is 0 Å². The molecule has 0 atom stereocenters. The highest BCUT2D eigenvalue weighted by Gasteiger charge is 2.20. The molecule has 3 rings (SSSR count). The molecule has 2 amide bonds. The molecule has 1 saturated heterocycles. The highest BCUT2D eigenvalue weighted by atomic mass is 35.5. The predicted octanol–water partition coefficient (Wildman–Crippen LogP) is 4.32. The number of rotatable bonds is 7. The van der Waals surface area contributed by atoms with Crippen LogP contribution in [0.3, 0.4) is 0 Å². The summed E-state index contributed by atoms with van der Waals surface area (Å²) < 4.78 is 10.5. The van der Waals surface area contributed by atoms with Gasteiger partial charge in [-0.2, -0.15) is 0 Å². The molecular weight excluding hydrogens is 412 g/mol. The van der Waals surface area contributed by atoms with Crippen LogP contribution in [0.25, 0.3) is 0 Å². The number of benzene rings is 2. The van der Waals surface area contributed by atoms with E-state index in [0.717, 1.165) is 30.8 Å². The monoisotopic (exact) mass is 434 g/mol. The van der Waals surface area contributed by atoms with Gasteiger partial charge in [0.2, 0.25) is 5.91 Å². The molecule has 6 nitrogen and oxygen atoms in total. The van der Waals surface area contributed by atoms with Crippen LogP contribution in [0.5, 0.6) is 11.5 Å². The van der Waals surface area contributed by atoms with Crippen molar-refractivity contribution in [1.29, 1.82) is 0 Å². The Bertz CT molecular complexity index is 900. The Labute approximate surface area is 179 Å². The number of likely N-dealkylation sites (tertiary alicyclic amines) is 1. The van der Waals surface area contributed by atoms with Crippen LogP contribution in [0, 0.1) is 0 Å². The van der Waals surface area contributed by atoms with Crippen molar-refractivity contribution in [3.8, 4) is 11.5 Å². The number of hydrogen-bond acceptors (Lipinski definition) is 5. The molecule has 0 aliphatic carbocycles. The number of methoxy groups -OCH3 is 2. The van der Waals surface area contributed by atoms with Crippen molar-refractivity contribution in [1.82, 2.24) is 4.90 Å². The largest absolute Gasteiger partial charge is 0.495 e. The number of thioether (sulfide) groups is 1. The molecule has 29 heavy (non-hydrogen) atoms. The summed E-state index contributed by atoms with van der Waals surface area (Å²) in [4.78, 5) is 27.9. The van der Waals surface area contributed by atoms with Gasteiger partial charge in [-0.15, -0.1) is 11.8 Å². The molecule has 0 saturated carbocycles. The van der Waals surface area contributed by atoms with Crippen LogP contribution in [-0.4, -0.2) is 49.8 Å². The number of halogens is 1. The fourth-order valence-electron chi connectivity index (χ4n) is 3.13. The molecule has 1 fully saturated rings. The molecule has 1 heterocycles. The third-order valence-electron chi connectivity index (χ3n) is 4.66. The fourth-order valence-corrected chi connectivity index (χ4v) is 4.31. The molecule has 1 N–H and O–H groups in total. The van der Waals surface area contributed by atoms with Crippen molar-refractivity contribution in [3.63, 3.8) is 0 Å². The van der Waals surface area contributed by atoms with Gasteiger partial charge >= 0.3 is 0 Å². The Morgan fingerprint density at radius 1 is 1.10 bits per heavy atom. The summed E-state index contributed by atoms with van der Waals surface area (Å²) in [7, 11) is 3.00. The number of amides is 2. The standard InChI is InChI=1S/C21H23ClN2O4S/c1-27-17-12-16(18(28-2)11-15(17)22)23-21(26)14-7-3-4-8-19(14)29-13-20(25)24-9-5-6-10-24/h3-4,7-8,11-12H,5-6,9-10,13H2,1-2H3,(H,23,26). The first-order valence-electron chi connectivity index (χ1n) is 9.26. The average molecular weight is 435 g/mol. The summed E-state index contributed by atoms with van der Waals surface area (Å²) in [5.41, 5.74) is 0.939. The van der Waals surface area contributed by atoms with E-state index in [4.69, 9.17) is 21.1 Å². The van der Waals surface area contributed by atoms with Gasteiger partial charge in [-0.05, 0) is 25.0 Å². The van der Waals surface area contributed by atoms with E-state index >= 15 is 0 Å². The second-order valence-electron chi connectivity index (χ2n) is 6.51. The number of nitrogens with zero attached hydrogens (tertiary/aromatic N) is 1. The molecule has 0 unspecified atom stereocenters. The van der Waals surface area contributed by atoms with E-state index in [2.05, 4.69) is 5.32 Å². The van der Waals surface area contributed by atoms with Crippen molar-refractivity contribution in [2.45, 2.75) is 17.7 Å². The lowest BCUT2D eigenvalue weighted by Crippen LogP contribution is -2.29. The van der Waals surface area contributed by atoms with E-state index < -0.39 is 0 Å². The van der Waals surface area contributed by atoms with Gasteiger partial charge in [0, 0.05) is 30.1 Å². The maximum absolute atomic E-state index is 12.9. The molecule has 0 aromatic heterocycles. The van der Waals surface area contributed by atoms with Crippen LogP contribution in [0.1, 0.15) is 23.2 Å². The lowest BCUT2D eigenvalue weighted by atomic mass is 10.2. The average Bonchev–Trinajstić information content (AvgIpc) is 3.28. The first kappa shape index (κ1) is 21.3. The smallest absolute Gasteiger partial charge is 0.256 e. The summed E-state index contributed by atoms with van der Waals surface area (Å²) in [5.74, 6) is 0.971. The van der Waals surface area contributed by atoms with Crippen molar-refractivity contribution < 1.29 is 19.1 Å². The Kier molecular flexibility index (Phi) is 7.28. The number of ether oxygens (including phenoxy) is 2. The highest BCUT2D eigenvalue weighted by Crippen LogP contribution is 2.36. The first-order valence-corrected chi connectivity index (χ1v) is 10.6. The maximum atomic E-state index is 12.9. The zero-order chi connectivity index (χ0) is 20.8. The SMILES string of the molecule is COc1cc(NC(=O)c2ccccc2SCC(=O)N2CCCC2)c(OC)cc1Cl. The molecule has 2 aromatic carbocycles. The summed E-state index contributed by atoms with van der Waals surface area (Å²) >= 11 is 7.50. The molecule has 1 aliphatic heterocycles. The van der Waals surface area contributed by atoms with Crippen LogP contribution in [0.2, 0.25) is 5.02 Å². The second kappa shape index (κ2) is 9.89. The van der Waals surface area contributed by atoms with Crippen LogP contribution in [0.4, 0.5) is 5.69 Å². The predicted molar refractivity (Wildman–Crippen MR) is 115 cm³/mol. The van der Waals surface area contributed by atoms with E-state index in [0.29, 0.717) is 33.5 Å². The minimum absolute atomic E-state index is 0.104. The van der Waals surface area contributed by atoms with Gasteiger partial charge in [0.25, 0.3) is 5.91 Å². The van der Waals surface area contributed by atoms with Crippen molar-refractivity contribution in [2.24, 2.45) is 0 Å². The lowest BCUT2D eigenvalue weighted by molar-refractivity contribution is -0.127. The number of carbonyl (C=O) groups is 2. The quantitative estimate of drug-likeness (QED) is 0.657. The molecule has 1 aliphatic rings. The molecule has 0 spiro atoms. The topological polar surface area (TPSA) is 67.9 Å². The summed E-state index contributed by atoms with van der Waals surface area (Å²) in [6, 6.07) is 10.4. The Hall–Kier alpha value is -2.38. The van der Waals surface area contributed by atoms with Crippen LogP contribution >= 0.6 is 23.4 Å². The van der Waals surface area contributed by atoms with Crippen LogP contribution < -0.4 is 14.8 Å². The minimum atomic E-state index is -0.301. The molecule has 154 valence electrons. The first-order chi connectivity index (χ1) is 14.0. The highest BCUT2D eigenvalue weighted by molar-refractivity contribution is 8.00. The van der Waals surface area contributed by atoms with Crippen LogP contribution in [-0.2, 0) is 4.79 Å². The number of nitrogens with one attached hydrogen (secondary N) is 1. The van der Waals surface area contributed by atoms with Gasteiger partial charge in [0.1, 0.15) is 11.5 Å². The van der Waals surface area contributed by atoms with E-state index in [9.17, 15) is 9.59 Å². The van der Waals surface area contributed by atoms with Gasteiger partial charge in [-0.3, -0.25) is 9.59 Å². The summed E-state index contributed by atoms with van der Waals surface area (Å²) in [6.45, 7) is 1.64. The Morgan fingerprint density at radius 3 is 2.48 bits per heavy atom. The lowest BCUT2D eigenvalue weighted by Gasteiger charge is -2.16. The van der Waals surface area contributed by atoms with Crippen LogP contribution in [0.15, 0.2) is 41.3 Å². The third-order valence-corrected chi connectivity index (χ3v) is 6.02. The number of hydrogen-bond donors (Lipinski definition) is 1. The molecule has 8 heteroatoms. The Balaban J connectivity index is 1.75. The van der Waals surface area contributed by atoms with Gasteiger partial charge in [-0.25, -0.2) is 0 Å². The summed E-state index contributed by atoms with van der Waals surface area (Å²) in [5, 5.41) is 3.24. The second-order valence-corrected chi connectivity index (χ2v) is 7.94. The van der Waals surface area contributed by atoms with Gasteiger partial charge in [-0.1, -0.05) is 23.7 Å². The maximum Gasteiger partial charge on any atom is 0.256 e. The fraction of sp³-hybridized carbons (Fsp3) is 0.333. The van der Waals surface area contributed by atoms with Gasteiger partial charge < -0.3 is 19.7 Å². The minimum Gasteiger partial charge on any atom is -0.495 e. The van der Waals surface area contributed by atoms with Crippen molar-refractivity contribution >= 4 is 40.9 Å². The number of carbonyl (C=O) groups excluding carboxylic acids is 2. The summed E-state index contributed by atoms with van der Waals surface area (Å²) in [6.07, 6.45) is 2.11. The Morgan fingerprint density at radius 2 is 1.79 bits per heavy atom. The van der Waals surface area contributed by atoms with E-state index in [1.807, 2.05) is 17.0 Å². The van der Waals surface area contributed by atoms with Gasteiger partial charge in [0.05, 0.1) is 36.2 Å². The molecule has 0 bridgehead atoms. The zero-order valence-electron chi connectivity index (χ0n) is 16.4. The molecule has 0 radical (unpaired) electrons. The van der Waals surface area contributed by atoms with Crippen molar-refractivity contribution in [2.75, 3.05) is 38.4 Å². The van der Waals surface area contributed by atoms with E-state index in [1.54, 1.807) is 24.3 Å². The molecule has 2 aromatic rings.